The average molecular weight is 429 g/mol. The van der Waals surface area contributed by atoms with Crippen LogP contribution in [-0.4, -0.2) is 39.3 Å². The molecule has 2 aromatic rings. The Morgan fingerprint density at radius 1 is 0.935 bits per heavy atom. The Morgan fingerprint density at radius 2 is 1.65 bits per heavy atom. The molecule has 2 aromatic carbocycles. The highest BCUT2D eigenvalue weighted by molar-refractivity contribution is 6.46. The molecule has 8 heteroatoms. The van der Waals surface area contributed by atoms with Gasteiger partial charge < -0.3 is 15.1 Å². The largest absolute Gasteiger partial charge is 0.507 e. The van der Waals surface area contributed by atoms with E-state index in [9.17, 15) is 28.3 Å². The van der Waals surface area contributed by atoms with Crippen molar-refractivity contribution in [3.8, 4) is 0 Å². The van der Waals surface area contributed by atoms with Crippen LogP contribution < -0.4 is 0 Å². The van der Waals surface area contributed by atoms with Crippen LogP contribution in [0.1, 0.15) is 42.9 Å². The number of nitrogens with zero attached hydrogens (tertiary/aromatic N) is 1. The van der Waals surface area contributed by atoms with Crippen LogP contribution in [0.25, 0.3) is 5.76 Å². The smallest absolute Gasteiger partial charge is 0.303 e. The molecule has 3 rings (SSSR count). The van der Waals surface area contributed by atoms with Gasteiger partial charge in [-0.25, -0.2) is 8.78 Å². The molecule has 162 valence electrons. The summed E-state index contributed by atoms with van der Waals surface area (Å²) in [6, 6.07) is 9.19. The molecule has 31 heavy (non-hydrogen) atoms. The fourth-order valence-corrected chi connectivity index (χ4v) is 3.63. The molecule has 0 spiro atoms. The maximum Gasteiger partial charge on any atom is 0.303 e. The number of aliphatic hydroxyl groups excluding tert-OH is 1. The predicted octanol–water partition coefficient (Wildman–Crippen LogP) is 4.03. The van der Waals surface area contributed by atoms with Crippen LogP contribution in [0.2, 0.25) is 0 Å². The molecule has 0 saturated carbocycles. The van der Waals surface area contributed by atoms with E-state index in [1.165, 1.54) is 35.2 Å². The van der Waals surface area contributed by atoms with Gasteiger partial charge in [0.05, 0.1) is 11.6 Å². The van der Waals surface area contributed by atoms with Crippen LogP contribution in [-0.2, 0) is 14.4 Å². The first-order valence-corrected chi connectivity index (χ1v) is 9.81. The Labute approximate surface area is 177 Å². The number of carboxylic acid groups (broad SMARTS) is 1. The number of carboxylic acids is 1. The lowest BCUT2D eigenvalue weighted by molar-refractivity contribution is -0.140. The van der Waals surface area contributed by atoms with E-state index >= 15 is 0 Å². The highest BCUT2D eigenvalue weighted by Gasteiger charge is 2.45. The Balaban J connectivity index is 1.97. The Morgan fingerprint density at radius 3 is 2.29 bits per heavy atom. The monoisotopic (exact) mass is 429 g/mol. The molecular formula is C23H21F2NO5. The average Bonchev–Trinajstić information content (AvgIpc) is 2.98. The van der Waals surface area contributed by atoms with Gasteiger partial charge in [-0.2, -0.15) is 0 Å². The summed E-state index contributed by atoms with van der Waals surface area (Å²) in [5, 5.41) is 19.5. The van der Waals surface area contributed by atoms with Crippen molar-refractivity contribution in [1.82, 2.24) is 4.90 Å². The second kappa shape index (κ2) is 9.51. The van der Waals surface area contributed by atoms with E-state index < -0.39 is 41.1 Å². The zero-order valence-corrected chi connectivity index (χ0v) is 16.6. The van der Waals surface area contributed by atoms with E-state index in [-0.39, 0.29) is 24.1 Å². The first kappa shape index (κ1) is 22.1. The predicted molar refractivity (Wildman–Crippen MR) is 108 cm³/mol. The van der Waals surface area contributed by atoms with E-state index in [0.717, 1.165) is 12.1 Å². The molecule has 0 aromatic heterocycles. The van der Waals surface area contributed by atoms with Gasteiger partial charge in [0.15, 0.2) is 0 Å². The highest BCUT2D eigenvalue weighted by Crippen LogP contribution is 2.39. The SMILES string of the molecule is O=C(O)CCCCCN1C(=O)C(=O)C(=C(O)c2ccc(F)cc2)[C@H]1c1cccc(F)c1. The van der Waals surface area contributed by atoms with Crippen molar-refractivity contribution >= 4 is 23.4 Å². The summed E-state index contributed by atoms with van der Waals surface area (Å²) < 4.78 is 27.2. The lowest BCUT2D eigenvalue weighted by atomic mass is 9.95. The quantitative estimate of drug-likeness (QED) is 0.286. The zero-order valence-electron chi connectivity index (χ0n) is 16.6. The Kier molecular flexibility index (Phi) is 6.79. The third-order valence-electron chi connectivity index (χ3n) is 5.11. The van der Waals surface area contributed by atoms with E-state index in [1.807, 2.05) is 0 Å². The van der Waals surface area contributed by atoms with E-state index in [4.69, 9.17) is 5.11 Å². The van der Waals surface area contributed by atoms with Crippen molar-refractivity contribution in [3.63, 3.8) is 0 Å². The summed E-state index contributed by atoms with van der Waals surface area (Å²) in [6.45, 7) is 0.131. The van der Waals surface area contributed by atoms with Gasteiger partial charge in [0.1, 0.15) is 17.4 Å². The molecule has 1 saturated heterocycles. The molecule has 0 radical (unpaired) electrons. The van der Waals surface area contributed by atoms with Gasteiger partial charge in [-0.3, -0.25) is 14.4 Å². The van der Waals surface area contributed by atoms with Gasteiger partial charge in [0.25, 0.3) is 11.7 Å². The lowest BCUT2D eigenvalue weighted by Crippen LogP contribution is -2.30. The molecule has 1 fully saturated rings. The fraction of sp³-hybridized carbons (Fsp3) is 0.261. The number of carbonyl (C=O) groups is 3. The van der Waals surface area contributed by atoms with Gasteiger partial charge in [-0.05, 0) is 54.8 Å². The second-order valence-corrected chi connectivity index (χ2v) is 7.26. The van der Waals surface area contributed by atoms with Crippen LogP contribution in [0.15, 0.2) is 54.1 Å². The molecule has 1 amide bonds. The van der Waals surface area contributed by atoms with Crippen LogP contribution in [0.4, 0.5) is 8.78 Å². The van der Waals surface area contributed by atoms with E-state index in [0.29, 0.717) is 24.8 Å². The molecule has 1 aliphatic heterocycles. The Bertz CT molecular complexity index is 1030. The standard InChI is InChI=1S/C23H21F2NO5/c24-16-10-8-14(9-11-16)21(29)19-20(15-5-4-6-17(25)13-15)26(23(31)22(19)30)12-3-1-2-7-18(27)28/h4-6,8-11,13,20,29H,1-3,7,12H2,(H,27,28)/t20-/m1/s1. The van der Waals surface area contributed by atoms with Crippen molar-refractivity contribution in [3.05, 3.63) is 76.9 Å². The molecular weight excluding hydrogens is 408 g/mol. The van der Waals surface area contributed by atoms with Crippen LogP contribution in [0.3, 0.4) is 0 Å². The molecule has 0 aliphatic carbocycles. The van der Waals surface area contributed by atoms with E-state index in [2.05, 4.69) is 0 Å². The second-order valence-electron chi connectivity index (χ2n) is 7.26. The van der Waals surface area contributed by atoms with Gasteiger partial charge in [0.2, 0.25) is 0 Å². The number of aliphatic carboxylic acids is 1. The summed E-state index contributed by atoms with van der Waals surface area (Å²) in [5.74, 6) is -4.23. The number of benzene rings is 2. The van der Waals surface area contributed by atoms with E-state index in [1.54, 1.807) is 6.07 Å². The molecule has 2 N–H and O–H groups in total. The van der Waals surface area contributed by atoms with Crippen molar-refractivity contribution in [2.45, 2.75) is 31.7 Å². The number of hydrogen-bond acceptors (Lipinski definition) is 4. The number of likely N-dealkylation sites (tertiary alicyclic amines) is 1. The number of aliphatic hydroxyl groups is 1. The maximum absolute atomic E-state index is 13.9. The molecule has 1 atom stereocenters. The summed E-state index contributed by atoms with van der Waals surface area (Å²) in [5.41, 5.74) is 0.267. The fourth-order valence-electron chi connectivity index (χ4n) is 3.63. The number of unbranched alkanes of at least 4 members (excludes halogenated alkanes) is 2. The van der Waals surface area contributed by atoms with Gasteiger partial charge >= 0.3 is 5.97 Å². The molecule has 0 bridgehead atoms. The van der Waals surface area contributed by atoms with Crippen LogP contribution in [0.5, 0.6) is 0 Å². The summed E-state index contributed by atoms with van der Waals surface area (Å²) >= 11 is 0. The van der Waals surface area contributed by atoms with Crippen molar-refractivity contribution in [2.24, 2.45) is 0 Å². The molecule has 6 nitrogen and oxygen atoms in total. The number of hydrogen-bond donors (Lipinski definition) is 2. The summed E-state index contributed by atoms with van der Waals surface area (Å²) in [7, 11) is 0. The number of carbonyl (C=O) groups excluding carboxylic acids is 2. The zero-order chi connectivity index (χ0) is 22.5. The first-order chi connectivity index (χ1) is 14.8. The van der Waals surface area contributed by atoms with Crippen molar-refractivity contribution in [2.75, 3.05) is 6.54 Å². The number of amides is 1. The summed E-state index contributed by atoms with van der Waals surface area (Å²) in [6.07, 6.45) is 1.36. The maximum atomic E-state index is 13.9. The van der Waals surface area contributed by atoms with Crippen molar-refractivity contribution < 1.29 is 33.4 Å². The topological polar surface area (TPSA) is 94.9 Å². The van der Waals surface area contributed by atoms with Gasteiger partial charge in [-0.1, -0.05) is 18.6 Å². The molecule has 1 heterocycles. The van der Waals surface area contributed by atoms with Crippen molar-refractivity contribution in [1.29, 1.82) is 0 Å². The Hall–Kier alpha value is -3.55. The molecule has 0 unspecified atom stereocenters. The minimum absolute atomic E-state index is 0.00326. The first-order valence-electron chi connectivity index (χ1n) is 9.81. The van der Waals surface area contributed by atoms with Gasteiger partial charge in [0, 0.05) is 18.5 Å². The van der Waals surface area contributed by atoms with Gasteiger partial charge in [-0.15, -0.1) is 0 Å². The minimum atomic E-state index is -1.01. The van der Waals surface area contributed by atoms with Crippen LogP contribution in [0, 0.1) is 11.6 Å². The highest BCUT2D eigenvalue weighted by atomic mass is 19.1. The minimum Gasteiger partial charge on any atom is -0.507 e. The number of halogens is 2. The number of rotatable bonds is 8. The third kappa shape index (κ3) is 4.96. The number of ketones is 1. The lowest BCUT2D eigenvalue weighted by Gasteiger charge is -2.25. The van der Waals surface area contributed by atoms with Crippen LogP contribution >= 0.6 is 0 Å². The summed E-state index contributed by atoms with van der Waals surface area (Å²) in [4.78, 5) is 37.4. The number of Topliss-reactive ketones (excluding diaryl/α,β-unsaturated/α-hetero) is 1. The third-order valence-corrected chi connectivity index (χ3v) is 5.11. The normalized spacial score (nSPS) is 17.9. The molecule has 1 aliphatic rings.